The standard InChI is InChI=1S/C33H44N6O3/c1-6-39(27-9-15-42-16-10-27)30-19-26(25-7-8-31(34-20-25)38-13-11-37(5)12-14-38)18-28(24(30)4)32(40)35-21-29-22(2)17-23(3)36-33(29)41/h7-8,17-20,27,29H,6,9-16,21H2,1-5H3,(H,35,40). The van der Waals surface area contributed by atoms with Gasteiger partial charge in [0.1, 0.15) is 5.82 Å². The third kappa shape index (κ3) is 6.57. The third-order valence-electron chi connectivity index (χ3n) is 8.85. The number of allylic oxidation sites excluding steroid dienone is 1. The second kappa shape index (κ2) is 13.2. The number of ether oxygens (including phenoxy) is 1. The molecule has 9 nitrogen and oxygen atoms in total. The predicted octanol–water partition coefficient (Wildman–Crippen LogP) is 4.11. The van der Waals surface area contributed by atoms with Crippen LogP contribution in [0.25, 0.3) is 11.1 Å². The summed E-state index contributed by atoms with van der Waals surface area (Å²) in [5.41, 5.74) is 6.14. The molecule has 1 atom stereocenters. The van der Waals surface area contributed by atoms with Crippen molar-refractivity contribution in [1.29, 1.82) is 0 Å². The lowest BCUT2D eigenvalue weighted by Gasteiger charge is -2.37. The largest absolute Gasteiger partial charge is 0.381 e. The lowest BCUT2D eigenvalue weighted by Crippen LogP contribution is -2.44. The molecule has 3 aliphatic heterocycles. The van der Waals surface area contributed by atoms with Gasteiger partial charge in [0.25, 0.3) is 11.8 Å². The van der Waals surface area contributed by atoms with Gasteiger partial charge in [-0.2, -0.15) is 0 Å². The Kier molecular flexibility index (Phi) is 9.38. The number of carbonyl (C=O) groups is 2. The van der Waals surface area contributed by atoms with Gasteiger partial charge in [0.2, 0.25) is 0 Å². The number of nitrogens with zero attached hydrogens (tertiary/aromatic N) is 5. The first-order valence-electron chi connectivity index (χ1n) is 15.2. The highest BCUT2D eigenvalue weighted by molar-refractivity contribution is 6.06. The van der Waals surface area contributed by atoms with Gasteiger partial charge in [-0.3, -0.25) is 9.59 Å². The average Bonchev–Trinajstić information content (AvgIpc) is 2.99. The molecule has 2 aromatic rings. The average molecular weight is 573 g/mol. The van der Waals surface area contributed by atoms with E-state index in [0.29, 0.717) is 17.3 Å². The van der Waals surface area contributed by atoms with Gasteiger partial charge < -0.3 is 24.8 Å². The molecule has 9 heteroatoms. The maximum Gasteiger partial charge on any atom is 0.254 e. The maximum atomic E-state index is 13.8. The molecule has 224 valence electrons. The number of piperazine rings is 1. The van der Waals surface area contributed by atoms with Crippen LogP contribution in [-0.4, -0.2) is 93.0 Å². The van der Waals surface area contributed by atoms with Crippen molar-refractivity contribution >= 4 is 29.0 Å². The number of hydrogen-bond donors (Lipinski definition) is 1. The van der Waals surface area contributed by atoms with Gasteiger partial charge in [0.05, 0.1) is 5.92 Å². The summed E-state index contributed by atoms with van der Waals surface area (Å²) in [4.78, 5) is 42.3. The molecule has 4 heterocycles. The lowest BCUT2D eigenvalue weighted by atomic mass is 9.94. The molecule has 1 N–H and O–H groups in total. The summed E-state index contributed by atoms with van der Waals surface area (Å²) >= 11 is 0. The van der Waals surface area contributed by atoms with Gasteiger partial charge in [-0.15, -0.1) is 0 Å². The zero-order valence-electron chi connectivity index (χ0n) is 25.7. The van der Waals surface area contributed by atoms with Crippen molar-refractivity contribution in [1.82, 2.24) is 15.2 Å². The van der Waals surface area contributed by atoms with Crippen LogP contribution in [0.4, 0.5) is 11.5 Å². The Morgan fingerprint density at radius 2 is 1.81 bits per heavy atom. The first-order valence-corrected chi connectivity index (χ1v) is 15.2. The zero-order valence-corrected chi connectivity index (χ0v) is 25.7. The van der Waals surface area contributed by atoms with Gasteiger partial charge in [0, 0.05) is 87.2 Å². The van der Waals surface area contributed by atoms with Crippen molar-refractivity contribution in [3.05, 3.63) is 53.2 Å². The summed E-state index contributed by atoms with van der Waals surface area (Å²) in [6.45, 7) is 14.4. The molecular weight excluding hydrogens is 528 g/mol. The molecule has 5 rings (SSSR count). The Balaban J connectivity index is 1.45. The minimum atomic E-state index is -0.443. The number of rotatable bonds is 8. The topological polar surface area (TPSA) is 90.4 Å². The van der Waals surface area contributed by atoms with E-state index in [9.17, 15) is 9.59 Å². The molecule has 0 saturated carbocycles. The molecule has 0 radical (unpaired) electrons. The van der Waals surface area contributed by atoms with E-state index in [1.165, 1.54) is 0 Å². The van der Waals surface area contributed by atoms with Crippen LogP contribution in [0.3, 0.4) is 0 Å². The molecule has 2 amide bonds. The second-order valence-corrected chi connectivity index (χ2v) is 11.7. The number of hydrogen-bond acceptors (Lipinski definition) is 7. The Hall–Kier alpha value is -3.56. The van der Waals surface area contributed by atoms with Gasteiger partial charge in [-0.25, -0.2) is 9.98 Å². The second-order valence-electron chi connectivity index (χ2n) is 11.7. The number of anilines is 2. The predicted molar refractivity (Wildman–Crippen MR) is 169 cm³/mol. The van der Waals surface area contributed by atoms with Crippen LogP contribution in [-0.2, 0) is 9.53 Å². The molecule has 0 bridgehead atoms. The fourth-order valence-electron chi connectivity index (χ4n) is 6.25. The summed E-state index contributed by atoms with van der Waals surface area (Å²) < 4.78 is 5.65. The van der Waals surface area contributed by atoms with E-state index < -0.39 is 5.92 Å². The monoisotopic (exact) mass is 572 g/mol. The number of likely N-dealkylation sites (N-methyl/N-ethyl adjacent to an activating group) is 1. The van der Waals surface area contributed by atoms with E-state index in [-0.39, 0.29) is 18.4 Å². The highest BCUT2D eigenvalue weighted by atomic mass is 16.5. The van der Waals surface area contributed by atoms with Crippen molar-refractivity contribution in [3.63, 3.8) is 0 Å². The molecule has 1 aromatic carbocycles. The highest BCUT2D eigenvalue weighted by Gasteiger charge is 2.27. The molecule has 42 heavy (non-hydrogen) atoms. The fraction of sp³-hybridized carbons (Fsp3) is 0.515. The zero-order chi connectivity index (χ0) is 29.8. The molecule has 0 spiro atoms. The maximum absolute atomic E-state index is 13.8. The number of aromatic nitrogens is 1. The minimum absolute atomic E-state index is 0.187. The van der Waals surface area contributed by atoms with Crippen molar-refractivity contribution in [2.24, 2.45) is 10.9 Å². The highest BCUT2D eigenvalue weighted by Crippen LogP contribution is 2.34. The normalized spacial score (nSPS) is 20.3. The number of pyridine rings is 1. The number of aliphatic imine (C=N–C) groups is 1. The quantitative estimate of drug-likeness (QED) is 0.509. The van der Waals surface area contributed by atoms with Crippen LogP contribution in [0.5, 0.6) is 0 Å². The van der Waals surface area contributed by atoms with E-state index in [4.69, 9.17) is 9.72 Å². The molecular formula is C33H44N6O3. The van der Waals surface area contributed by atoms with E-state index in [1.54, 1.807) is 0 Å². The summed E-state index contributed by atoms with van der Waals surface area (Å²) in [5.74, 6) is 0.143. The number of benzene rings is 1. The summed E-state index contributed by atoms with van der Waals surface area (Å²) in [5, 5.41) is 3.05. The molecule has 3 aliphatic rings. The van der Waals surface area contributed by atoms with Crippen LogP contribution >= 0.6 is 0 Å². The molecule has 2 saturated heterocycles. The van der Waals surface area contributed by atoms with Crippen molar-refractivity contribution in [2.75, 3.05) is 69.3 Å². The van der Waals surface area contributed by atoms with E-state index in [1.807, 2.05) is 39.1 Å². The SMILES string of the molecule is CCN(c1cc(-c2ccc(N3CCN(C)CC3)nc2)cc(C(=O)NCC2C(=O)N=C(C)C=C2C)c1C)C1CCOCC1. The lowest BCUT2D eigenvalue weighted by molar-refractivity contribution is -0.120. The smallest absolute Gasteiger partial charge is 0.254 e. The van der Waals surface area contributed by atoms with Gasteiger partial charge in [-0.05, 0) is 89.1 Å². The first-order chi connectivity index (χ1) is 20.2. The first kappa shape index (κ1) is 29.9. The van der Waals surface area contributed by atoms with E-state index >= 15 is 0 Å². The molecule has 2 fully saturated rings. The van der Waals surface area contributed by atoms with Gasteiger partial charge in [0.15, 0.2) is 0 Å². The van der Waals surface area contributed by atoms with E-state index in [0.717, 1.165) is 92.5 Å². The fourth-order valence-corrected chi connectivity index (χ4v) is 6.25. The van der Waals surface area contributed by atoms with E-state index in [2.05, 4.69) is 57.2 Å². The minimum Gasteiger partial charge on any atom is -0.381 e. The van der Waals surface area contributed by atoms with Crippen LogP contribution in [0.2, 0.25) is 0 Å². The third-order valence-corrected chi connectivity index (χ3v) is 8.85. The van der Waals surface area contributed by atoms with Crippen LogP contribution in [0.15, 0.2) is 47.1 Å². The number of nitrogens with one attached hydrogen (secondary N) is 1. The Morgan fingerprint density at radius 3 is 2.45 bits per heavy atom. The molecule has 0 aliphatic carbocycles. The summed E-state index contributed by atoms with van der Waals surface area (Å²) in [7, 11) is 2.15. The Bertz CT molecular complexity index is 1350. The van der Waals surface area contributed by atoms with Crippen molar-refractivity contribution in [2.45, 2.75) is 46.6 Å². The van der Waals surface area contributed by atoms with Gasteiger partial charge >= 0.3 is 0 Å². The molecule has 1 aromatic heterocycles. The van der Waals surface area contributed by atoms with Crippen LogP contribution < -0.4 is 15.1 Å². The van der Waals surface area contributed by atoms with Crippen molar-refractivity contribution in [3.8, 4) is 11.1 Å². The Morgan fingerprint density at radius 1 is 1.07 bits per heavy atom. The summed E-state index contributed by atoms with van der Waals surface area (Å²) in [6, 6.07) is 8.71. The number of amides is 2. The van der Waals surface area contributed by atoms with Crippen molar-refractivity contribution < 1.29 is 14.3 Å². The van der Waals surface area contributed by atoms with Crippen LogP contribution in [0, 0.1) is 12.8 Å². The van der Waals surface area contributed by atoms with Crippen LogP contribution in [0.1, 0.15) is 49.5 Å². The number of dihydropyridines is 1. The summed E-state index contributed by atoms with van der Waals surface area (Å²) in [6.07, 6.45) is 5.74. The van der Waals surface area contributed by atoms with Gasteiger partial charge in [-0.1, -0.05) is 5.57 Å². The molecule has 1 unspecified atom stereocenters. The number of carbonyl (C=O) groups excluding carboxylic acids is 2. The Labute approximate surface area is 249 Å².